The quantitative estimate of drug-likeness (QED) is 0.875. The molecule has 1 aromatic rings. The first-order chi connectivity index (χ1) is 10.6. The minimum Gasteiger partial charge on any atom is -0.493 e. The molecule has 5 heteroatoms. The number of likely N-dealkylation sites (N-methyl/N-ethyl adjacent to an activating group) is 1. The van der Waals surface area contributed by atoms with Crippen molar-refractivity contribution in [3.05, 3.63) is 23.3 Å². The average molecular weight is 306 g/mol. The first-order valence-electron chi connectivity index (χ1n) is 7.85. The van der Waals surface area contributed by atoms with Crippen LogP contribution in [0.15, 0.2) is 12.1 Å². The van der Waals surface area contributed by atoms with E-state index in [-0.39, 0.29) is 5.91 Å². The van der Waals surface area contributed by atoms with Crippen LogP contribution in [0.4, 0.5) is 0 Å². The Hall–Kier alpha value is -1.75. The monoisotopic (exact) mass is 306 g/mol. The molecule has 5 nitrogen and oxygen atoms in total. The number of nitrogens with one attached hydrogen (secondary N) is 1. The summed E-state index contributed by atoms with van der Waals surface area (Å²) >= 11 is 0. The molecule has 1 amide bonds. The fourth-order valence-electron chi connectivity index (χ4n) is 3.12. The summed E-state index contributed by atoms with van der Waals surface area (Å²) in [6.45, 7) is 6.93. The first kappa shape index (κ1) is 16.6. The van der Waals surface area contributed by atoms with Crippen LogP contribution >= 0.6 is 0 Å². The van der Waals surface area contributed by atoms with E-state index in [2.05, 4.69) is 17.1 Å². The number of likely N-dealkylation sites (tertiary alicyclic amines) is 1. The van der Waals surface area contributed by atoms with Gasteiger partial charge in [-0.3, -0.25) is 9.69 Å². The van der Waals surface area contributed by atoms with E-state index in [4.69, 9.17) is 9.47 Å². The minimum absolute atomic E-state index is 0.109. The van der Waals surface area contributed by atoms with E-state index < -0.39 is 0 Å². The third-order valence-corrected chi connectivity index (χ3v) is 4.27. The molecule has 0 radical (unpaired) electrons. The van der Waals surface area contributed by atoms with Gasteiger partial charge in [-0.25, -0.2) is 0 Å². The number of rotatable bonds is 6. The summed E-state index contributed by atoms with van der Waals surface area (Å²) in [5, 5.41) is 3.04. The molecule has 122 valence electrons. The van der Waals surface area contributed by atoms with Crippen molar-refractivity contribution in [3.8, 4) is 11.5 Å². The normalized spacial score (nSPS) is 18.3. The molecule has 1 aliphatic heterocycles. The predicted octanol–water partition coefficient (Wildman–Crippen LogP) is 2.23. The zero-order valence-corrected chi connectivity index (χ0v) is 13.9. The van der Waals surface area contributed by atoms with Gasteiger partial charge in [-0.2, -0.15) is 0 Å². The van der Waals surface area contributed by atoms with E-state index in [0.717, 1.165) is 25.1 Å². The van der Waals surface area contributed by atoms with Crippen LogP contribution in [-0.2, 0) is 0 Å². The summed E-state index contributed by atoms with van der Waals surface area (Å²) in [7, 11) is 3.14. The molecule has 0 aromatic heterocycles. The fourth-order valence-corrected chi connectivity index (χ4v) is 3.12. The zero-order valence-electron chi connectivity index (χ0n) is 13.9. The second kappa shape index (κ2) is 7.49. The SMILES string of the molecule is CCN1CCC[C@H]1CNC(=O)c1cc(C)cc(OC)c1OC. The van der Waals surface area contributed by atoms with Crippen LogP contribution in [-0.4, -0.2) is 50.7 Å². The molecule has 0 unspecified atom stereocenters. The van der Waals surface area contributed by atoms with Crippen molar-refractivity contribution in [2.45, 2.75) is 32.7 Å². The molecule has 2 rings (SSSR count). The van der Waals surface area contributed by atoms with Crippen molar-refractivity contribution in [1.82, 2.24) is 10.2 Å². The number of hydrogen-bond donors (Lipinski definition) is 1. The van der Waals surface area contributed by atoms with E-state index in [1.165, 1.54) is 6.42 Å². The average Bonchev–Trinajstić information content (AvgIpc) is 2.99. The highest BCUT2D eigenvalue weighted by Crippen LogP contribution is 2.32. The van der Waals surface area contributed by atoms with Crippen molar-refractivity contribution in [3.63, 3.8) is 0 Å². The van der Waals surface area contributed by atoms with Gasteiger partial charge in [-0.05, 0) is 50.6 Å². The molecule has 1 N–H and O–H groups in total. The smallest absolute Gasteiger partial charge is 0.255 e. The molecule has 0 saturated carbocycles. The van der Waals surface area contributed by atoms with Gasteiger partial charge in [0.2, 0.25) is 0 Å². The van der Waals surface area contributed by atoms with Crippen LogP contribution in [0.2, 0.25) is 0 Å². The third-order valence-electron chi connectivity index (χ3n) is 4.27. The number of benzene rings is 1. The Morgan fingerprint density at radius 3 is 2.77 bits per heavy atom. The highest BCUT2D eigenvalue weighted by atomic mass is 16.5. The number of ether oxygens (including phenoxy) is 2. The molecule has 1 saturated heterocycles. The molecular weight excluding hydrogens is 280 g/mol. The fraction of sp³-hybridized carbons (Fsp3) is 0.588. The van der Waals surface area contributed by atoms with Crippen LogP contribution in [0.1, 0.15) is 35.7 Å². The summed E-state index contributed by atoms with van der Waals surface area (Å²) in [6.07, 6.45) is 2.35. The van der Waals surface area contributed by atoms with Crippen LogP contribution in [0.3, 0.4) is 0 Å². The van der Waals surface area contributed by atoms with E-state index in [1.807, 2.05) is 19.1 Å². The third kappa shape index (κ3) is 3.53. The maximum atomic E-state index is 12.5. The largest absolute Gasteiger partial charge is 0.493 e. The van der Waals surface area contributed by atoms with E-state index in [1.54, 1.807) is 14.2 Å². The number of methoxy groups -OCH3 is 2. The molecule has 1 atom stereocenters. The van der Waals surface area contributed by atoms with Gasteiger partial charge in [-0.15, -0.1) is 0 Å². The number of carbonyl (C=O) groups is 1. The maximum Gasteiger partial charge on any atom is 0.255 e. The topological polar surface area (TPSA) is 50.8 Å². The van der Waals surface area contributed by atoms with Crippen molar-refractivity contribution >= 4 is 5.91 Å². The zero-order chi connectivity index (χ0) is 16.1. The van der Waals surface area contributed by atoms with Gasteiger partial charge in [0, 0.05) is 12.6 Å². The molecule has 1 aromatic carbocycles. The minimum atomic E-state index is -0.109. The van der Waals surface area contributed by atoms with Gasteiger partial charge in [0.25, 0.3) is 5.91 Å². The lowest BCUT2D eigenvalue weighted by Crippen LogP contribution is -2.40. The Morgan fingerprint density at radius 2 is 2.14 bits per heavy atom. The molecule has 1 aliphatic rings. The maximum absolute atomic E-state index is 12.5. The number of aryl methyl sites for hydroxylation is 1. The summed E-state index contributed by atoms with van der Waals surface area (Å²) in [6, 6.07) is 4.14. The Morgan fingerprint density at radius 1 is 1.36 bits per heavy atom. The van der Waals surface area contributed by atoms with Gasteiger partial charge in [0.05, 0.1) is 19.8 Å². The molecule has 1 fully saturated rings. The lowest BCUT2D eigenvalue weighted by atomic mass is 10.1. The van der Waals surface area contributed by atoms with E-state index in [9.17, 15) is 4.79 Å². The second-order valence-corrected chi connectivity index (χ2v) is 5.68. The predicted molar refractivity (Wildman–Crippen MR) is 86.9 cm³/mol. The number of amides is 1. The van der Waals surface area contributed by atoms with Gasteiger partial charge < -0.3 is 14.8 Å². The molecule has 0 bridgehead atoms. The van der Waals surface area contributed by atoms with Crippen molar-refractivity contribution in [2.75, 3.05) is 33.9 Å². The lowest BCUT2D eigenvalue weighted by molar-refractivity contribution is 0.0937. The Kier molecular flexibility index (Phi) is 5.66. The summed E-state index contributed by atoms with van der Waals surface area (Å²) in [4.78, 5) is 14.9. The summed E-state index contributed by atoms with van der Waals surface area (Å²) in [5.74, 6) is 0.967. The van der Waals surface area contributed by atoms with Crippen LogP contribution < -0.4 is 14.8 Å². The highest BCUT2D eigenvalue weighted by molar-refractivity contribution is 5.98. The van der Waals surface area contributed by atoms with Crippen LogP contribution in [0.5, 0.6) is 11.5 Å². The number of nitrogens with zero attached hydrogens (tertiary/aromatic N) is 1. The Bertz CT molecular complexity index is 531. The first-order valence-corrected chi connectivity index (χ1v) is 7.85. The van der Waals surface area contributed by atoms with E-state index in [0.29, 0.717) is 29.6 Å². The molecular formula is C17H26N2O3. The number of carbonyl (C=O) groups excluding carboxylic acids is 1. The van der Waals surface area contributed by atoms with Crippen LogP contribution in [0.25, 0.3) is 0 Å². The van der Waals surface area contributed by atoms with Crippen molar-refractivity contribution < 1.29 is 14.3 Å². The van der Waals surface area contributed by atoms with Gasteiger partial charge in [0.1, 0.15) is 0 Å². The van der Waals surface area contributed by atoms with Crippen molar-refractivity contribution in [2.24, 2.45) is 0 Å². The van der Waals surface area contributed by atoms with E-state index >= 15 is 0 Å². The van der Waals surface area contributed by atoms with Crippen LogP contribution in [0, 0.1) is 6.92 Å². The second-order valence-electron chi connectivity index (χ2n) is 5.68. The van der Waals surface area contributed by atoms with Gasteiger partial charge in [-0.1, -0.05) is 6.92 Å². The van der Waals surface area contributed by atoms with Gasteiger partial charge in [0.15, 0.2) is 11.5 Å². The Balaban J connectivity index is 2.10. The molecule has 1 heterocycles. The lowest BCUT2D eigenvalue weighted by Gasteiger charge is -2.23. The summed E-state index contributed by atoms with van der Waals surface area (Å²) < 4.78 is 10.7. The number of hydrogen-bond acceptors (Lipinski definition) is 4. The standard InChI is InChI=1S/C17H26N2O3/c1-5-19-8-6-7-13(19)11-18-17(20)14-9-12(2)10-15(21-3)16(14)22-4/h9-10,13H,5-8,11H2,1-4H3,(H,18,20)/t13-/m0/s1. The summed E-state index contributed by atoms with van der Waals surface area (Å²) in [5.41, 5.74) is 1.50. The molecule has 0 spiro atoms. The van der Waals surface area contributed by atoms with Crippen molar-refractivity contribution in [1.29, 1.82) is 0 Å². The Labute approximate surface area is 132 Å². The molecule has 22 heavy (non-hydrogen) atoms. The van der Waals surface area contributed by atoms with Gasteiger partial charge >= 0.3 is 0 Å². The highest BCUT2D eigenvalue weighted by Gasteiger charge is 2.24. The molecule has 0 aliphatic carbocycles.